The smallest absolute Gasteiger partial charge is 0.295 e. The van der Waals surface area contributed by atoms with Crippen LogP contribution < -0.4 is 29.0 Å². The van der Waals surface area contributed by atoms with Gasteiger partial charge in [-0.25, -0.2) is 0 Å². The van der Waals surface area contributed by atoms with Gasteiger partial charge in [-0.15, -0.1) is 0 Å². The van der Waals surface area contributed by atoms with Crippen molar-refractivity contribution in [3.8, 4) is 23.0 Å². The van der Waals surface area contributed by atoms with Crippen LogP contribution in [0.4, 0.5) is 0 Å². The Labute approximate surface area is 223 Å². The molecule has 0 saturated carbocycles. The maximum Gasteiger partial charge on any atom is 0.295 e. The third kappa shape index (κ3) is 5.43. The zero-order valence-electron chi connectivity index (χ0n) is 22.5. The SMILES string of the molecule is CCOc1ccc(C2C(=C([O-])c3ccc4c(c3)OCCO4)C(=O)C(=O)N2CC[NH+](CC)CC)cc1OCC. The third-order valence-corrected chi connectivity index (χ3v) is 6.92. The first-order valence-corrected chi connectivity index (χ1v) is 13.3. The Hall–Kier alpha value is -3.72. The molecule has 1 amide bonds. The molecular formula is C29H36N2O7. The van der Waals surface area contributed by atoms with Crippen LogP contribution in [-0.4, -0.2) is 69.2 Å². The summed E-state index contributed by atoms with van der Waals surface area (Å²) in [5.74, 6) is 0.0877. The van der Waals surface area contributed by atoms with E-state index in [1.165, 1.54) is 9.80 Å². The second-order valence-corrected chi connectivity index (χ2v) is 9.11. The predicted molar refractivity (Wildman–Crippen MR) is 140 cm³/mol. The summed E-state index contributed by atoms with van der Waals surface area (Å²) in [5.41, 5.74) is 0.807. The molecule has 38 heavy (non-hydrogen) atoms. The van der Waals surface area contributed by atoms with E-state index in [9.17, 15) is 14.7 Å². The summed E-state index contributed by atoms with van der Waals surface area (Å²) in [6.07, 6.45) is 0. The number of nitrogens with zero attached hydrogens (tertiary/aromatic N) is 1. The number of carbonyl (C=O) groups excluding carboxylic acids is 2. The lowest BCUT2D eigenvalue weighted by Gasteiger charge is -2.29. The first-order valence-electron chi connectivity index (χ1n) is 13.3. The first kappa shape index (κ1) is 27.3. The Morgan fingerprint density at radius 3 is 2.32 bits per heavy atom. The summed E-state index contributed by atoms with van der Waals surface area (Å²) in [6, 6.07) is 9.30. The molecule has 2 aliphatic rings. The monoisotopic (exact) mass is 524 g/mol. The van der Waals surface area contributed by atoms with Crippen molar-refractivity contribution >= 4 is 17.4 Å². The second-order valence-electron chi connectivity index (χ2n) is 9.11. The normalized spacial score (nSPS) is 18.2. The van der Waals surface area contributed by atoms with Crippen LogP contribution in [0.5, 0.6) is 23.0 Å². The molecule has 9 nitrogen and oxygen atoms in total. The van der Waals surface area contributed by atoms with Crippen LogP contribution >= 0.6 is 0 Å². The molecule has 2 aromatic carbocycles. The number of ketones is 1. The summed E-state index contributed by atoms with van der Waals surface area (Å²) in [5, 5.41) is 13.9. The van der Waals surface area contributed by atoms with Crippen molar-refractivity contribution in [2.45, 2.75) is 33.7 Å². The molecule has 1 unspecified atom stereocenters. The largest absolute Gasteiger partial charge is 0.872 e. The molecule has 1 atom stereocenters. The fourth-order valence-electron chi connectivity index (χ4n) is 4.91. The molecule has 0 bridgehead atoms. The summed E-state index contributed by atoms with van der Waals surface area (Å²) in [6.45, 7) is 12.3. The van der Waals surface area contributed by atoms with E-state index < -0.39 is 23.5 Å². The lowest BCUT2D eigenvalue weighted by Crippen LogP contribution is -3.12. The number of hydrogen-bond acceptors (Lipinski definition) is 7. The number of rotatable bonds is 11. The molecule has 4 rings (SSSR count). The zero-order chi connectivity index (χ0) is 27.2. The zero-order valence-corrected chi connectivity index (χ0v) is 22.5. The number of Topliss-reactive ketones (excluding diaryl/α,β-unsaturated/α-hetero) is 1. The third-order valence-electron chi connectivity index (χ3n) is 6.92. The Bertz CT molecular complexity index is 1210. The molecular weight excluding hydrogens is 488 g/mol. The van der Waals surface area contributed by atoms with Gasteiger partial charge in [-0.3, -0.25) is 9.59 Å². The van der Waals surface area contributed by atoms with Gasteiger partial charge in [-0.2, -0.15) is 0 Å². The molecule has 0 radical (unpaired) electrons. The minimum absolute atomic E-state index is 0.0761. The van der Waals surface area contributed by atoms with E-state index in [0.29, 0.717) is 68.1 Å². The average molecular weight is 525 g/mol. The van der Waals surface area contributed by atoms with Gasteiger partial charge in [-0.1, -0.05) is 17.9 Å². The van der Waals surface area contributed by atoms with Crippen molar-refractivity contribution in [1.82, 2.24) is 4.90 Å². The Balaban J connectivity index is 1.82. The number of ether oxygens (including phenoxy) is 4. The highest BCUT2D eigenvalue weighted by atomic mass is 16.6. The van der Waals surface area contributed by atoms with E-state index in [4.69, 9.17) is 18.9 Å². The average Bonchev–Trinajstić information content (AvgIpc) is 3.19. The molecule has 1 saturated heterocycles. The number of likely N-dealkylation sites (N-methyl/N-ethyl adjacent to an activating group) is 1. The highest BCUT2D eigenvalue weighted by Gasteiger charge is 2.44. The number of quaternary nitrogens is 1. The van der Waals surface area contributed by atoms with Gasteiger partial charge in [-0.05, 0) is 63.1 Å². The molecule has 2 aliphatic heterocycles. The van der Waals surface area contributed by atoms with Crippen LogP contribution in [0.1, 0.15) is 44.9 Å². The van der Waals surface area contributed by atoms with Gasteiger partial charge in [0.25, 0.3) is 5.91 Å². The van der Waals surface area contributed by atoms with Crippen molar-refractivity contribution in [1.29, 1.82) is 0 Å². The quantitative estimate of drug-likeness (QED) is 0.269. The molecule has 2 heterocycles. The molecule has 2 aromatic rings. The summed E-state index contributed by atoms with van der Waals surface area (Å²) < 4.78 is 22.7. The number of carbonyl (C=O) groups is 2. The van der Waals surface area contributed by atoms with Crippen LogP contribution in [0.3, 0.4) is 0 Å². The van der Waals surface area contributed by atoms with Crippen molar-refractivity contribution in [3.05, 3.63) is 53.1 Å². The summed E-state index contributed by atoms with van der Waals surface area (Å²) >= 11 is 0. The second kappa shape index (κ2) is 12.2. The highest BCUT2D eigenvalue weighted by molar-refractivity contribution is 6.46. The standard InChI is InChI=1S/C29H36N2O7/c1-5-30(6-2)13-14-31-26(19-9-11-21(35-7-3)23(17-19)36-8-4)25(28(33)29(31)34)27(32)20-10-12-22-24(18-20)38-16-15-37-22/h9-12,17-18,26,32H,5-8,13-16H2,1-4H3. The predicted octanol–water partition coefficient (Wildman–Crippen LogP) is 1.40. The van der Waals surface area contributed by atoms with Gasteiger partial charge in [0.05, 0.1) is 45.4 Å². The number of fused-ring (bicyclic) bond motifs is 1. The van der Waals surface area contributed by atoms with Crippen molar-refractivity contribution in [3.63, 3.8) is 0 Å². The maximum absolute atomic E-state index is 13.9. The first-order chi connectivity index (χ1) is 18.4. The summed E-state index contributed by atoms with van der Waals surface area (Å²) in [7, 11) is 0. The van der Waals surface area contributed by atoms with Gasteiger partial charge in [0.1, 0.15) is 13.2 Å². The van der Waals surface area contributed by atoms with E-state index in [-0.39, 0.29) is 11.1 Å². The summed E-state index contributed by atoms with van der Waals surface area (Å²) in [4.78, 5) is 29.5. The van der Waals surface area contributed by atoms with E-state index in [1.807, 2.05) is 13.8 Å². The number of amides is 1. The van der Waals surface area contributed by atoms with Gasteiger partial charge < -0.3 is 33.9 Å². The topological polar surface area (TPSA) is 102 Å². The molecule has 1 fully saturated rings. The molecule has 9 heteroatoms. The number of hydrogen-bond donors (Lipinski definition) is 1. The Morgan fingerprint density at radius 1 is 0.947 bits per heavy atom. The molecule has 0 aromatic heterocycles. The van der Waals surface area contributed by atoms with Crippen molar-refractivity contribution in [2.24, 2.45) is 0 Å². The van der Waals surface area contributed by atoms with Gasteiger partial charge in [0, 0.05) is 5.57 Å². The fraction of sp³-hybridized carbons (Fsp3) is 0.448. The molecule has 0 spiro atoms. The van der Waals surface area contributed by atoms with E-state index >= 15 is 0 Å². The molecule has 1 N–H and O–H groups in total. The Kier molecular flexibility index (Phi) is 8.78. The van der Waals surface area contributed by atoms with Crippen molar-refractivity contribution < 1.29 is 38.5 Å². The highest BCUT2D eigenvalue weighted by Crippen LogP contribution is 2.42. The minimum atomic E-state index is -0.847. The molecule has 204 valence electrons. The number of nitrogens with one attached hydrogen (secondary N) is 1. The van der Waals surface area contributed by atoms with Gasteiger partial charge in [0.15, 0.2) is 23.0 Å². The van der Waals surface area contributed by atoms with Crippen molar-refractivity contribution in [2.75, 3.05) is 52.6 Å². The maximum atomic E-state index is 13.9. The number of likely N-dealkylation sites (tertiary alicyclic amines) is 1. The van der Waals surface area contributed by atoms with Gasteiger partial charge >= 0.3 is 0 Å². The van der Waals surface area contributed by atoms with E-state index in [2.05, 4.69) is 13.8 Å². The fourth-order valence-corrected chi connectivity index (χ4v) is 4.91. The lowest BCUT2D eigenvalue weighted by molar-refractivity contribution is -0.895. The van der Waals surface area contributed by atoms with Crippen LogP contribution in [0.25, 0.3) is 5.76 Å². The van der Waals surface area contributed by atoms with Crippen LogP contribution in [-0.2, 0) is 9.59 Å². The Morgan fingerprint density at radius 2 is 1.63 bits per heavy atom. The minimum Gasteiger partial charge on any atom is -0.872 e. The number of benzene rings is 2. The molecule has 0 aliphatic carbocycles. The van der Waals surface area contributed by atoms with E-state index in [1.54, 1.807) is 36.4 Å². The van der Waals surface area contributed by atoms with Crippen LogP contribution in [0.2, 0.25) is 0 Å². The van der Waals surface area contributed by atoms with Crippen LogP contribution in [0, 0.1) is 0 Å². The van der Waals surface area contributed by atoms with E-state index in [0.717, 1.165) is 13.1 Å². The van der Waals surface area contributed by atoms with Crippen LogP contribution in [0.15, 0.2) is 42.0 Å². The van der Waals surface area contributed by atoms with Gasteiger partial charge in [0.2, 0.25) is 5.78 Å². The lowest BCUT2D eigenvalue weighted by atomic mass is 9.94.